The van der Waals surface area contributed by atoms with Gasteiger partial charge in [0.25, 0.3) is 0 Å². The lowest BCUT2D eigenvalue weighted by molar-refractivity contribution is -0.129. The van der Waals surface area contributed by atoms with Gasteiger partial charge in [-0.25, -0.2) is 0 Å². The Kier molecular flexibility index (Phi) is 5.21. The Balaban J connectivity index is 2.18. The SMILES string of the molecule is COCCOCCN1CC(C(N)=O)CC1=O. The molecular formula is C10H18N2O4. The maximum Gasteiger partial charge on any atom is 0.223 e. The number of carbonyl (C=O) groups is 2. The summed E-state index contributed by atoms with van der Waals surface area (Å²) >= 11 is 0. The van der Waals surface area contributed by atoms with Gasteiger partial charge in [0.15, 0.2) is 0 Å². The van der Waals surface area contributed by atoms with Crippen molar-refractivity contribution in [2.75, 3.05) is 40.0 Å². The molecule has 0 aromatic carbocycles. The van der Waals surface area contributed by atoms with Crippen molar-refractivity contribution < 1.29 is 19.1 Å². The summed E-state index contributed by atoms with van der Waals surface area (Å²) in [6.07, 6.45) is 0.230. The summed E-state index contributed by atoms with van der Waals surface area (Å²) in [5.41, 5.74) is 5.15. The van der Waals surface area contributed by atoms with Gasteiger partial charge < -0.3 is 20.1 Å². The Morgan fingerprint density at radius 1 is 1.50 bits per heavy atom. The number of likely N-dealkylation sites (tertiary alicyclic amines) is 1. The van der Waals surface area contributed by atoms with E-state index >= 15 is 0 Å². The molecule has 2 amide bonds. The van der Waals surface area contributed by atoms with Gasteiger partial charge in [0.1, 0.15) is 0 Å². The van der Waals surface area contributed by atoms with Crippen molar-refractivity contribution in [3.8, 4) is 0 Å². The van der Waals surface area contributed by atoms with Crippen LogP contribution >= 0.6 is 0 Å². The summed E-state index contributed by atoms with van der Waals surface area (Å²) in [5, 5.41) is 0. The van der Waals surface area contributed by atoms with Gasteiger partial charge in [-0.1, -0.05) is 0 Å². The molecule has 1 atom stereocenters. The molecular weight excluding hydrogens is 212 g/mol. The van der Waals surface area contributed by atoms with Crippen LogP contribution in [0.1, 0.15) is 6.42 Å². The Labute approximate surface area is 94.7 Å². The minimum atomic E-state index is -0.406. The van der Waals surface area contributed by atoms with E-state index in [1.165, 1.54) is 0 Å². The highest BCUT2D eigenvalue weighted by atomic mass is 16.5. The van der Waals surface area contributed by atoms with Crippen molar-refractivity contribution in [2.45, 2.75) is 6.42 Å². The molecule has 16 heavy (non-hydrogen) atoms. The molecule has 0 aromatic rings. The number of hydrogen-bond donors (Lipinski definition) is 1. The van der Waals surface area contributed by atoms with Gasteiger partial charge in [0, 0.05) is 26.6 Å². The third-order valence-corrected chi connectivity index (χ3v) is 2.55. The molecule has 1 saturated heterocycles. The molecule has 1 aliphatic rings. The molecule has 0 aliphatic carbocycles. The Hall–Kier alpha value is -1.14. The Morgan fingerprint density at radius 3 is 2.81 bits per heavy atom. The molecule has 1 rings (SSSR count). The zero-order chi connectivity index (χ0) is 12.0. The highest BCUT2D eigenvalue weighted by Gasteiger charge is 2.32. The number of hydrogen-bond acceptors (Lipinski definition) is 4. The topological polar surface area (TPSA) is 81.9 Å². The normalized spacial score (nSPS) is 20.4. The van der Waals surface area contributed by atoms with Crippen LogP contribution in [0.15, 0.2) is 0 Å². The monoisotopic (exact) mass is 230 g/mol. The summed E-state index contributed by atoms with van der Waals surface area (Å²) in [4.78, 5) is 24.0. The van der Waals surface area contributed by atoms with Gasteiger partial charge in [-0.05, 0) is 0 Å². The van der Waals surface area contributed by atoms with E-state index in [1.54, 1.807) is 12.0 Å². The van der Waals surface area contributed by atoms with Crippen LogP contribution in [0.2, 0.25) is 0 Å². The molecule has 1 fully saturated rings. The van der Waals surface area contributed by atoms with Crippen LogP contribution in [0.25, 0.3) is 0 Å². The summed E-state index contributed by atoms with van der Waals surface area (Å²) in [6.45, 7) is 2.43. The summed E-state index contributed by atoms with van der Waals surface area (Å²) < 4.78 is 10.1. The van der Waals surface area contributed by atoms with E-state index in [1.807, 2.05) is 0 Å². The van der Waals surface area contributed by atoms with Crippen LogP contribution in [-0.2, 0) is 19.1 Å². The van der Waals surface area contributed by atoms with Gasteiger partial charge in [-0.2, -0.15) is 0 Å². The van der Waals surface area contributed by atoms with E-state index in [0.717, 1.165) is 0 Å². The van der Waals surface area contributed by atoms with Crippen molar-refractivity contribution in [3.05, 3.63) is 0 Å². The molecule has 1 unspecified atom stereocenters. The van der Waals surface area contributed by atoms with E-state index in [2.05, 4.69) is 0 Å². The number of rotatable bonds is 7. The molecule has 0 spiro atoms. The lowest BCUT2D eigenvalue weighted by Gasteiger charge is -2.15. The molecule has 0 radical (unpaired) electrons. The van der Waals surface area contributed by atoms with Crippen molar-refractivity contribution in [1.82, 2.24) is 4.90 Å². The van der Waals surface area contributed by atoms with Crippen molar-refractivity contribution in [2.24, 2.45) is 11.7 Å². The molecule has 6 heteroatoms. The average Bonchev–Trinajstić information content (AvgIpc) is 2.60. The average molecular weight is 230 g/mol. The fourth-order valence-electron chi connectivity index (χ4n) is 1.60. The number of amides is 2. The summed E-state index contributed by atoms with van der Waals surface area (Å²) in [7, 11) is 1.60. The van der Waals surface area contributed by atoms with E-state index in [4.69, 9.17) is 15.2 Å². The first-order valence-corrected chi connectivity index (χ1v) is 5.29. The fraction of sp³-hybridized carbons (Fsp3) is 0.800. The predicted molar refractivity (Wildman–Crippen MR) is 56.6 cm³/mol. The maximum absolute atomic E-state index is 11.4. The molecule has 1 aliphatic heterocycles. The van der Waals surface area contributed by atoms with Crippen molar-refractivity contribution >= 4 is 11.8 Å². The predicted octanol–water partition coefficient (Wildman–Crippen LogP) is -1.02. The zero-order valence-electron chi connectivity index (χ0n) is 9.48. The molecule has 0 saturated carbocycles. The molecule has 1 heterocycles. The van der Waals surface area contributed by atoms with Gasteiger partial charge in [-0.15, -0.1) is 0 Å². The molecule has 6 nitrogen and oxygen atoms in total. The largest absolute Gasteiger partial charge is 0.382 e. The number of carbonyl (C=O) groups excluding carboxylic acids is 2. The molecule has 2 N–H and O–H groups in total. The number of primary amides is 1. The molecule has 0 bridgehead atoms. The van der Waals surface area contributed by atoms with Gasteiger partial charge in [0.2, 0.25) is 11.8 Å². The van der Waals surface area contributed by atoms with E-state index in [9.17, 15) is 9.59 Å². The third-order valence-electron chi connectivity index (χ3n) is 2.55. The van der Waals surface area contributed by atoms with Crippen LogP contribution in [0.5, 0.6) is 0 Å². The number of nitrogens with two attached hydrogens (primary N) is 1. The third kappa shape index (κ3) is 3.79. The Bertz CT molecular complexity index is 257. The highest BCUT2D eigenvalue weighted by Crippen LogP contribution is 2.16. The van der Waals surface area contributed by atoms with Crippen LogP contribution in [-0.4, -0.2) is 56.7 Å². The highest BCUT2D eigenvalue weighted by molar-refractivity contribution is 5.88. The van der Waals surface area contributed by atoms with Gasteiger partial charge >= 0.3 is 0 Å². The standard InChI is InChI=1S/C10H18N2O4/c1-15-4-5-16-3-2-12-7-8(10(11)14)6-9(12)13/h8H,2-7H2,1H3,(H2,11,14). The second-order valence-corrected chi connectivity index (χ2v) is 3.75. The fourth-order valence-corrected chi connectivity index (χ4v) is 1.60. The minimum absolute atomic E-state index is 0.0286. The minimum Gasteiger partial charge on any atom is -0.382 e. The quantitative estimate of drug-likeness (QED) is 0.568. The van der Waals surface area contributed by atoms with Crippen LogP contribution < -0.4 is 5.73 Å². The van der Waals surface area contributed by atoms with E-state index in [-0.39, 0.29) is 18.2 Å². The molecule has 0 aromatic heterocycles. The Morgan fingerprint density at radius 2 is 2.25 bits per heavy atom. The van der Waals surface area contributed by atoms with Crippen molar-refractivity contribution in [1.29, 1.82) is 0 Å². The number of nitrogens with zero attached hydrogens (tertiary/aromatic N) is 1. The first kappa shape index (κ1) is 12.9. The van der Waals surface area contributed by atoms with Crippen molar-refractivity contribution in [3.63, 3.8) is 0 Å². The first-order chi connectivity index (χ1) is 7.65. The van der Waals surface area contributed by atoms with Gasteiger partial charge in [0.05, 0.1) is 25.7 Å². The van der Waals surface area contributed by atoms with E-state index in [0.29, 0.717) is 32.9 Å². The van der Waals surface area contributed by atoms with Crippen LogP contribution in [0, 0.1) is 5.92 Å². The zero-order valence-corrected chi connectivity index (χ0v) is 9.48. The van der Waals surface area contributed by atoms with Gasteiger partial charge in [-0.3, -0.25) is 9.59 Å². The number of methoxy groups -OCH3 is 1. The number of ether oxygens (including phenoxy) is 2. The summed E-state index contributed by atoms with van der Waals surface area (Å²) in [5.74, 6) is -0.776. The second-order valence-electron chi connectivity index (χ2n) is 3.75. The smallest absolute Gasteiger partial charge is 0.223 e. The second kappa shape index (κ2) is 6.44. The lowest BCUT2D eigenvalue weighted by Crippen LogP contribution is -2.31. The van der Waals surface area contributed by atoms with Crippen LogP contribution in [0.4, 0.5) is 0 Å². The first-order valence-electron chi connectivity index (χ1n) is 5.29. The van der Waals surface area contributed by atoms with Crippen LogP contribution in [0.3, 0.4) is 0 Å². The molecule has 92 valence electrons. The van der Waals surface area contributed by atoms with E-state index < -0.39 is 5.91 Å². The maximum atomic E-state index is 11.4. The lowest BCUT2D eigenvalue weighted by atomic mass is 10.1. The summed E-state index contributed by atoms with van der Waals surface area (Å²) in [6, 6.07) is 0.